The van der Waals surface area contributed by atoms with E-state index in [1.54, 1.807) is 10.6 Å². The molecular formula is C14H18ClN3O2. The summed E-state index contributed by atoms with van der Waals surface area (Å²) in [6.45, 7) is 3.86. The van der Waals surface area contributed by atoms with E-state index in [1.165, 1.54) is 7.11 Å². The standard InChI is InChI=1S/C14H18ClN3O2/c1-8(2)12(20-4)13(19)17-14-16-11-9(15)6-5-7-10(11)18(14)3/h5-8,12H,1-4H3,(H,16,17,19). The van der Waals surface area contributed by atoms with Gasteiger partial charge in [0.2, 0.25) is 5.95 Å². The van der Waals surface area contributed by atoms with E-state index >= 15 is 0 Å². The molecule has 1 N–H and O–H groups in total. The lowest BCUT2D eigenvalue weighted by Gasteiger charge is -2.18. The van der Waals surface area contributed by atoms with Crippen LogP contribution in [0.2, 0.25) is 5.02 Å². The second kappa shape index (κ2) is 5.81. The highest BCUT2D eigenvalue weighted by molar-refractivity contribution is 6.35. The number of anilines is 1. The topological polar surface area (TPSA) is 56.1 Å². The van der Waals surface area contributed by atoms with E-state index in [9.17, 15) is 4.79 Å². The smallest absolute Gasteiger partial charge is 0.256 e. The van der Waals surface area contributed by atoms with Crippen molar-refractivity contribution in [3.05, 3.63) is 23.2 Å². The highest BCUT2D eigenvalue weighted by Crippen LogP contribution is 2.25. The van der Waals surface area contributed by atoms with E-state index in [0.717, 1.165) is 5.52 Å². The van der Waals surface area contributed by atoms with Gasteiger partial charge in [0.05, 0.1) is 10.5 Å². The molecule has 0 aliphatic carbocycles. The zero-order chi connectivity index (χ0) is 14.9. The zero-order valence-electron chi connectivity index (χ0n) is 12.0. The molecule has 20 heavy (non-hydrogen) atoms. The number of imidazole rings is 1. The second-order valence-corrected chi connectivity index (χ2v) is 5.40. The Hall–Kier alpha value is -1.59. The summed E-state index contributed by atoms with van der Waals surface area (Å²) in [6, 6.07) is 5.53. The Morgan fingerprint density at radius 2 is 2.15 bits per heavy atom. The summed E-state index contributed by atoms with van der Waals surface area (Å²) in [5.74, 6) is 0.330. The van der Waals surface area contributed by atoms with Crippen LogP contribution in [-0.2, 0) is 16.6 Å². The highest BCUT2D eigenvalue weighted by Gasteiger charge is 2.23. The Balaban J connectivity index is 2.33. The molecule has 1 amide bonds. The molecule has 0 saturated carbocycles. The first-order valence-corrected chi connectivity index (χ1v) is 6.78. The van der Waals surface area contributed by atoms with Crippen LogP contribution in [0.1, 0.15) is 13.8 Å². The van der Waals surface area contributed by atoms with Gasteiger partial charge < -0.3 is 9.30 Å². The number of carbonyl (C=O) groups is 1. The Morgan fingerprint density at radius 1 is 1.45 bits per heavy atom. The van der Waals surface area contributed by atoms with E-state index in [2.05, 4.69) is 10.3 Å². The van der Waals surface area contributed by atoms with Crippen LogP contribution in [0.5, 0.6) is 0 Å². The number of nitrogens with one attached hydrogen (secondary N) is 1. The number of hydrogen-bond donors (Lipinski definition) is 1. The first-order valence-electron chi connectivity index (χ1n) is 6.40. The van der Waals surface area contributed by atoms with Crippen LogP contribution in [-0.4, -0.2) is 28.7 Å². The van der Waals surface area contributed by atoms with Crippen molar-refractivity contribution in [2.45, 2.75) is 20.0 Å². The zero-order valence-corrected chi connectivity index (χ0v) is 12.7. The van der Waals surface area contributed by atoms with Gasteiger partial charge in [-0.15, -0.1) is 0 Å². The minimum absolute atomic E-state index is 0.0817. The number of rotatable bonds is 4. The molecule has 1 aromatic heterocycles. The number of halogens is 1. The van der Waals surface area contributed by atoms with Crippen molar-refractivity contribution in [3.63, 3.8) is 0 Å². The predicted molar refractivity (Wildman–Crippen MR) is 80.0 cm³/mol. The van der Waals surface area contributed by atoms with Gasteiger partial charge in [-0.2, -0.15) is 0 Å². The molecular weight excluding hydrogens is 278 g/mol. The number of amides is 1. The van der Waals surface area contributed by atoms with Crippen LogP contribution in [0.4, 0.5) is 5.95 Å². The van der Waals surface area contributed by atoms with Gasteiger partial charge in [-0.3, -0.25) is 10.1 Å². The Morgan fingerprint density at radius 3 is 2.70 bits per heavy atom. The van der Waals surface area contributed by atoms with Crippen LogP contribution in [0, 0.1) is 5.92 Å². The van der Waals surface area contributed by atoms with Crippen molar-refractivity contribution in [1.29, 1.82) is 0 Å². The fourth-order valence-corrected chi connectivity index (χ4v) is 2.37. The van der Waals surface area contributed by atoms with Gasteiger partial charge in [-0.25, -0.2) is 4.98 Å². The molecule has 6 heteroatoms. The SMILES string of the molecule is COC(C(=O)Nc1nc2c(Cl)cccc2n1C)C(C)C. The van der Waals surface area contributed by atoms with Gasteiger partial charge in [0, 0.05) is 14.2 Å². The minimum Gasteiger partial charge on any atom is -0.371 e. The molecule has 0 aliphatic heterocycles. The monoisotopic (exact) mass is 295 g/mol. The summed E-state index contributed by atoms with van der Waals surface area (Å²) in [5.41, 5.74) is 1.54. The van der Waals surface area contributed by atoms with Gasteiger partial charge in [0.1, 0.15) is 11.6 Å². The summed E-state index contributed by atoms with van der Waals surface area (Å²) >= 11 is 6.11. The number of para-hydroxylation sites is 1. The molecule has 1 aromatic carbocycles. The maximum absolute atomic E-state index is 12.2. The lowest BCUT2D eigenvalue weighted by molar-refractivity contribution is -0.128. The number of nitrogens with zero attached hydrogens (tertiary/aromatic N) is 2. The quantitative estimate of drug-likeness (QED) is 0.943. The largest absolute Gasteiger partial charge is 0.371 e. The molecule has 0 spiro atoms. The number of aryl methyl sites for hydroxylation is 1. The summed E-state index contributed by atoms with van der Waals surface area (Å²) in [7, 11) is 3.36. The predicted octanol–water partition coefficient (Wildman–Crippen LogP) is 2.84. The lowest BCUT2D eigenvalue weighted by Crippen LogP contribution is -2.34. The number of ether oxygens (including phenoxy) is 1. The van der Waals surface area contributed by atoms with Crippen molar-refractivity contribution in [1.82, 2.24) is 9.55 Å². The van der Waals surface area contributed by atoms with E-state index in [1.807, 2.05) is 33.0 Å². The third-order valence-electron chi connectivity index (χ3n) is 3.22. The normalized spacial score (nSPS) is 12.9. The average Bonchev–Trinajstić information content (AvgIpc) is 2.69. The number of aromatic nitrogens is 2. The Labute approximate surface area is 122 Å². The molecule has 0 bridgehead atoms. The Bertz CT molecular complexity index is 637. The van der Waals surface area contributed by atoms with Gasteiger partial charge in [0.15, 0.2) is 0 Å². The van der Waals surface area contributed by atoms with Crippen molar-refractivity contribution < 1.29 is 9.53 Å². The maximum Gasteiger partial charge on any atom is 0.256 e. The van der Waals surface area contributed by atoms with Crippen LogP contribution < -0.4 is 5.32 Å². The van der Waals surface area contributed by atoms with Crippen molar-refractivity contribution in [3.8, 4) is 0 Å². The molecule has 0 aliphatic rings. The van der Waals surface area contributed by atoms with Gasteiger partial charge >= 0.3 is 0 Å². The molecule has 1 heterocycles. The summed E-state index contributed by atoms with van der Waals surface area (Å²) < 4.78 is 7.01. The molecule has 1 unspecified atom stereocenters. The fraction of sp³-hybridized carbons (Fsp3) is 0.429. The van der Waals surface area contributed by atoms with Crippen molar-refractivity contribution in [2.75, 3.05) is 12.4 Å². The van der Waals surface area contributed by atoms with Crippen LogP contribution in [0.15, 0.2) is 18.2 Å². The van der Waals surface area contributed by atoms with Gasteiger partial charge in [-0.05, 0) is 18.1 Å². The third kappa shape index (κ3) is 2.64. The third-order valence-corrected chi connectivity index (χ3v) is 3.52. The highest BCUT2D eigenvalue weighted by atomic mass is 35.5. The minimum atomic E-state index is -0.509. The fourth-order valence-electron chi connectivity index (χ4n) is 2.16. The van der Waals surface area contributed by atoms with Crippen LogP contribution in [0.25, 0.3) is 11.0 Å². The molecule has 0 fully saturated rings. The summed E-state index contributed by atoms with van der Waals surface area (Å²) in [4.78, 5) is 16.5. The molecule has 108 valence electrons. The van der Waals surface area contributed by atoms with Gasteiger partial charge in [0.25, 0.3) is 5.91 Å². The number of carbonyl (C=O) groups excluding carboxylic acids is 1. The number of hydrogen-bond acceptors (Lipinski definition) is 3. The van der Waals surface area contributed by atoms with E-state index in [-0.39, 0.29) is 11.8 Å². The molecule has 0 radical (unpaired) electrons. The number of benzene rings is 1. The van der Waals surface area contributed by atoms with E-state index < -0.39 is 6.10 Å². The first-order chi connectivity index (χ1) is 9.45. The second-order valence-electron chi connectivity index (χ2n) is 4.99. The van der Waals surface area contributed by atoms with Crippen LogP contribution in [0.3, 0.4) is 0 Å². The molecule has 2 rings (SSSR count). The molecule has 2 aromatic rings. The lowest BCUT2D eigenvalue weighted by atomic mass is 10.1. The van der Waals surface area contributed by atoms with Crippen molar-refractivity contribution >= 4 is 34.5 Å². The van der Waals surface area contributed by atoms with E-state index in [0.29, 0.717) is 16.5 Å². The van der Waals surface area contributed by atoms with E-state index in [4.69, 9.17) is 16.3 Å². The number of fused-ring (bicyclic) bond motifs is 1. The molecule has 0 saturated heterocycles. The van der Waals surface area contributed by atoms with Crippen molar-refractivity contribution in [2.24, 2.45) is 13.0 Å². The number of methoxy groups -OCH3 is 1. The average molecular weight is 296 g/mol. The molecule has 1 atom stereocenters. The Kier molecular flexibility index (Phi) is 4.30. The molecule has 5 nitrogen and oxygen atoms in total. The summed E-state index contributed by atoms with van der Waals surface area (Å²) in [5, 5.41) is 3.35. The summed E-state index contributed by atoms with van der Waals surface area (Å²) in [6.07, 6.45) is -0.509. The maximum atomic E-state index is 12.2. The van der Waals surface area contributed by atoms with Gasteiger partial charge in [-0.1, -0.05) is 31.5 Å². The first kappa shape index (κ1) is 14.8. The van der Waals surface area contributed by atoms with Crippen LogP contribution >= 0.6 is 11.6 Å².